The molecule has 1 aliphatic carbocycles. The van der Waals surface area contributed by atoms with Crippen LogP contribution in [0.15, 0.2) is 36.4 Å². The smallest absolute Gasteiger partial charge is 0.224 e. The van der Waals surface area contributed by atoms with Gasteiger partial charge in [-0.3, -0.25) is 9.59 Å². The Bertz CT molecular complexity index is 808. The molecule has 0 saturated heterocycles. The SMILES string of the molecule is Cc1ccc(NC(=O)CCC(=O)c2ccc3c(c2)CCCC3)c(C)c1. The second-order valence-corrected chi connectivity index (χ2v) is 6.98. The molecule has 0 radical (unpaired) electrons. The van der Waals surface area contributed by atoms with Crippen LogP contribution in [0.3, 0.4) is 0 Å². The third-order valence-electron chi connectivity index (χ3n) is 4.91. The van der Waals surface area contributed by atoms with Crippen LogP contribution in [0.25, 0.3) is 0 Å². The van der Waals surface area contributed by atoms with E-state index in [0.717, 1.165) is 35.2 Å². The average Bonchev–Trinajstić information content (AvgIpc) is 2.61. The van der Waals surface area contributed by atoms with E-state index in [0.29, 0.717) is 0 Å². The van der Waals surface area contributed by atoms with Crippen molar-refractivity contribution in [3.8, 4) is 0 Å². The molecule has 0 unspecified atom stereocenters. The largest absolute Gasteiger partial charge is 0.326 e. The minimum absolute atomic E-state index is 0.0455. The number of hydrogen-bond acceptors (Lipinski definition) is 2. The molecule has 3 rings (SSSR count). The molecule has 3 nitrogen and oxygen atoms in total. The Labute approximate surface area is 149 Å². The Kier molecular flexibility index (Phi) is 5.32. The van der Waals surface area contributed by atoms with Gasteiger partial charge in [0.2, 0.25) is 5.91 Å². The second kappa shape index (κ2) is 7.64. The summed E-state index contributed by atoms with van der Waals surface area (Å²) in [7, 11) is 0. The lowest BCUT2D eigenvalue weighted by molar-refractivity contribution is -0.116. The molecule has 0 aromatic heterocycles. The van der Waals surface area contributed by atoms with Crippen molar-refractivity contribution in [1.82, 2.24) is 0 Å². The zero-order chi connectivity index (χ0) is 17.8. The molecule has 0 aliphatic heterocycles. The number of anilines is 1. The van der Waals surface area contributed by atoms with E-state index in [-0.39, 0.29) is 24.5 Å². The maximum atomic E-state index is 12.4. The van der Waals surface area contributed by atoms with Crippen LogP contribution >= 0.6 is 0 Å². The van der Waals surface area contributed by atoms with E-state index in [1.54, 1.807) is 0 Å². The summed E-state index contributed by atoms with van der Waals surface area (Å²) in [5, 5.41) is 2.90. The van der Waals surface area contributed by atoms with E-state index in [4.69, 9.17) is 0 Å². The molecule has 2 aromatic rings. The number of hydrogen-bond donors (Lipinski definition) is 1. The minimum Gasteiger partial charge on any atom is -0.326 e. The molecule has 0 spiro atoms. The van der Waals surface area contributed by atoms with Crippen molar-refractivity contribution in [3.05, 3.63) is 64.2 Å². The third-order valence-corrected chi connectivity index (χ3v) is 4.91. The van der Waals surface area contributed by atoms with Crippen LogP contribution in [-0.2, 0) is 17.6 Å². The van der Waals surface area contributed by atoms with E-state index < -0.39 is 0 Å². The Morgan fingerprint density at radius 3 is 2.44 bits per heavy atom. The summed E-state index contributed by atoms with van der Waals surface area (Å²) in [5.41, 5.74) is 6.43. The van der Waals surface area contributed by atoms with Crippen molar-refractivity contribution < 1.29 is 9.59 Å². The second-order valence-electron chi connectivity index (χ2n) is 6.98. The van der Waals surface area contributed by atoms with Gasteiger partial charge in [0.05, 0.1) is 0 Å². The highest BCUT2D eigenvalue weighted by molar-refractivity contribution is 6.00. The van der Waals surface area contributed by atoms with E-state index in [9.17, 15) is 9.59 Å². The standard InChI is InChI=1S/C22H25NO2/c1-15-7-10-20(16(2)13-15)23-22(25)12-11-21(24)19-9-8-17-5-3-4-6-18(17)14-19/h7-10,13-14H,3-6,11-12H2,1-2H3,(H,23,25). The van der Waals surface area contributed by atoms with Gasteiger partial charge in [-0.1, -0.05) is 29.8 Å². The Morgan fingerprint density at radius 1 is 0.920 bits per heavy atom. The number of amides is 1. The van der Waals surface area contributed by atoms with E-state index in [2.05, 4.69) is 11.4 Å². The van der Waals surface area contributed by atoms with Crippen LogP contribution in [0.4, 0.5) is 5.69 Å². The van der Waals surface area contributed by atoms with Gasteiger partial charge in [0.15, 0.2) is 5.78 Å². The van der Waals surface area contributed by atoms with Gasteiger partial charge in [0.1, 0.15) is 0 Å². The predicted molar refractivity (Wildman–Crippen MR) is 101 cm³/mol. The number of aryl methyl sites for hydroxylation is 4. The molecule has 0 atom stereocenters. The maximum Gasteiger partial charge on any atom is 0.224 e. The van der Waals surface area contributed by atoms with Crippen LogP contribution in [0.2, 0.25) is 0 Å². The topological polar surface area (TPSA) is 46.2 Å². The molecule has 1 N–H and O–H groups in total. The number of carbonyl (C=O) groups is 2. The van der Waals surface area contributed by atoms with Crippen molar-refractivity contribution in [2.45, 2.75) is 52.4 Å². The first-order valence-electron chi connectivity index (χ1n) is 9.05. The van der Waals surface area contributed by atoms with Gasteiger partial charge in [-0.2, -0.15) is 0 Å². The zero-order valence-electron chi connectivity index (χ0n) is 15.0. The molecule has 130 valence electrons. The fourth-order valence-corrected chi connectivity index (χ4v) is 3.44. The molecular formula is C22H25NO2. The molecule has 25 heavy (non-hydrogen) atoms. The Balaban J connectivity index is 1.57. The lowest BCUT2D eigenvalue weighted by Gasteiger charge is -2.16. The summed E-state index contributed by atoms with van der Waals surface area (Å²) < 4.78 is 0. The Hall–Kier alpha value is -2.42. The molecule has 2 aromatic carbocycles. The minimum atomic E-state index is -0.113. The van der Waals surface area contributed by atoms with Crippen molar-refractivity contribution >= 4 is 17.4 Å². The first-order valence-corrected chi connectivity index (χ1v) is 9.05. The fraction of sp³-hybridized carbons (Fsp3) is 0.364. The van der Waals surface area contributed by atoms with Gasteiger partial charge in [-0.25, -0.2) is 0 Å². The summed E-state index contributed by atoms with van der Waals surface area (Å²) in [6.07, 6.45) is 5.06. The molecule has 1 amide bonds. The number of benzene rings is 2. The van der Waals surface area contributed by atoms with Crippen molar-refractivity contribution in [1.29, 1.82) is 0 Å². The summed E-state index contributed by atoms with van der Waals surface area (Å²) in [4.78, 5) is 24.6. The number of fused-ring (bicyclic) bond motifs is 1. The molecule has 0 heterocycles. The van der Waals surface area contributed by atoms with Gasteiger partial charge in [0, 0.05) is 24.1 Å². The van der Waals surface area contributed by atoms with E-state index in [1.165, 1.54) is 24.0 Å². The first kappa shape index (κ1) is 17.4. The van der Waals surface area contributed by atoms with Gasteiger partial charge in [0.25, 0.3) is 0 Å². The molecule has 1 aliphatic rings. The summed E-state index contributed by atoms with van der Waals surface area (Å²) >= 11 is 0. The van der Waals surface area contributed by atoms with Gasteiger partial charge in [-0.15, -0.1) is 0 Å². The summed E-state index contributed by atoms with van der Waals surface area (Å²) in [6, 6.07) is 11.9. The average molecular weight is 335 g/mol. The molecule has 3 heteroatoms. The molecule has 0 fully saturated rings. The van der Waals surface area contributed by atoms with E-state index in [1.807, 2.05) is 44.2 Å². The van der Waals surface area contributed by atoms with Gasteiger partial charge in [-0.05, 0) is 68.4 Å². The molecular weight excluding hydrogens is 310 g/mol. The molecule has 0 saturated carbocycles. The van der Waals surface area contributed by atoms with Crippen LogP contribution < -0.4 is 5.32 Å². The zero-order valence-corrected chi connectivity index (χ0v) is 15.0. The molecule has 0 bridgehead atoms. The maximum absolute atomic E-state index is 12.4. The number of ketones is 1. The van der Waals surface area contributed by atoms with Crippen molar-refractivity contribution in [3.63, 3.8) is 0 Å². The number of Topliss-reactive ketones (excluding diaryl/α,β-unsaturated/α-hetero) is 1. The quantitative estimate of drug-likeness (QED) is 0.799. The number of carbonyl (C=O) groups excluding carboxylic acids is 2. The van der Waals surface area contributed by atoms with E-state index >= 15 is 0 Å². The van der Waals surface area contributed by atoms with Gasteiger partial charge >= 0.3 is 0 Å². The fourth-order valence-electron chi connectivity index (χ4n) is 3.44. The third kappa shape index (κ3) is 4.36. The monoisotopic (exact) mass is 335 g/mol. The first-order chi connectivity index (χ1) is 12.0. The Morgan fingerprint density at radius 2 is 1.68 bits per heavy atom. The summed E-state index contributed by atoms with van der Waals surface area (Å²) in [5.74, 6) is -0.0672. The van der Waals surface area contributed by atoms with Gasteiger partial charge < -0.3 is 5.32 Å². The van der Waals surface area contributed by atoms with Crippen LogP contribution in [0.5, 0.6) is 0 Å². The predicted octanol–water partition coefficient (Wildman–Crippen LogP) is 4.78. The normalized spacial score (nSPS) is 13.2. The lowest BCUT2D eigenvalue weighted by Crippen LogP contribution is -2.14. The van der Waals surface area contributed by atoms with Crippen molar-refractivity contribution in [2.24, 2.45) is 0 Å². The van der Waals surface area contributed by atoms with Crippen LogP contribution in [0, 0.1) is 13.8 Å². The lowest BCUT2D eigenvalue weighted by atomic mass is 9.89. The highest BCUT2D eigenvalue weighted by Crippen LogP contribution is 2.23. The highest BCUT2D eigenvalue weighted by Gasteiger charge is 2.14. The van der Waals surface area contributed by atoms with Crippen LogP contribution in [-0.4, -0.2) is 11.7 Å². The van der Waals surface area contributed by atoms with Crippen LogP contribution in [0.1, 0.15) is 58.3 Å². The van der Waals surface area contributed by atoms with Crippen molar-refractivity contribution in [2.75, 3.05) is 5.32 Å². The number of nitrogens with one attached hydrogen (secondary N) is 1. The summed E-state index contributed by atoms with van der Waals surface area (Å²) in [6.45, 7) is 4.00. The number of rotatable bonds is 5. The highest BCUT2D eigenvalue weighted by atomic mass is 16.2.